The highest BCUT2D eigenvalue weighted by Gasteiger charge is 2.27. The summed E-state index contributed by atoms with van der Waals surface area (Å²) < 4.78 is 0. The van der Waals surface area contributed by atoms with Crippen molar-refractivity contribution in [1.29, 1.82) is 5.26 Å². The minimum atomic E-state index is 0.731. The van der Waals surface area contributed by atoms with Gasteiger partial charge in [-0.15, -0.1) is 0 Å². The summed E-state index contributed by atoms with van der Waals surface area (Å²) >= 11 is 0. The van der Waals surface area contributed by atoms with E-state index >= 15 is 0 Å². The van der Waals surface area contributed by atoms with E-state index in [1.165, 1.54) is 69.8 Å². The quantitative estimate of drug-likeness (QED) is 0.628. The topological polar surface area (TPSA) is 23.8 Å². The molecule has 0 bridgehead atoms. The lowest BCUT2D eigenvalue weighted by Crippen LogP contribution is -2.20. The molecule has 1 aromatic rings. The van der Waals surface area contributed by atoms with E-state index in [1.807, 2.05) is 12.1 Å². The van der Waals surface area contributed by atoms with Crippen LogP contribution in [0, 0.1) is 29.1 Å². The van der Waals surface area contributed by atoms with Crippen LogP contribution in [0.5, 0.6) is 0 Å². The van der Waals surface area contributed by atoms with Crippen LogP contribution in [0.2, 0.25) is 0 Å². The third-order valence-electron chi connectivity index (χ3n) is 6.57. The van der Waals surface area contributed by atoms with Crippen LogP contribution >= 0.6 is 0 Å². The smallest absolute Gasteiger partial charge is 0.0991 e. The van der Waals surface area contributed by atoms with E-state index in [2.05, 4.69) is 25.1 Å². The van der Waals surface area contributed by atoms with Gasteiger partial charge >= 0.3 is 0 Å². The zero-order valence-electron chi connectivity index (χ0n) is 14.6. The van der Waals surface area contributed by atoms with Crippen molar-refractivity contribution in [3.8, 4) is 6.07 Å². The Morgan fingerprint density at radius 1 is 0.826 bits per heavy atom. The van der Waals surface area contributed by atoms with Gasteiger partial charge in [0.05, 0.1) is 11.6 Å². The summed E-state index contributed by atoms with van der Waals surface area (Å²) in [7, 11) is 0. The van der Waals surface area contributed by atoms with Gasteiger partial charge in [0.25, 0.3) is 0 Å². The van der Waals surface area contributed by atoms with Crippen LogP contribution in [0.15, 0.2) is 24.3 Å². The van der Waals surface area contributed by atoms with Gasteiger partial charge in [-0.25, -0.2) is 0 Å². The van der Waals surface area contributed by atoms with E-state index in [9.17, 15) is 0 Å². The molecule has 1 nitrogen and oxygen atoms in total. The minimum absolute atomic E-state index is 0.731. The highest BCUT2D eigenvalue weighted by molar-refractivity contribution is 5.33. The molecule has 0 N–H and O–H groups in total. The predicted octanol–water partition coefficient (Wildman–Crippen LogP) is 6.44. The zero-order chi connectivity index (χ0) is 16.1. The zero-order valence-corrected chi connectivity index (χ0v) is 14.6. The van der Waals surface area contributed by atoms with Crippen LogP contribution in [0.4, 0.5) is 0 Å². The van der Waals surface area contributed by atoms with Crippen LogP contribution in [0.3, 0.4) is 0 Å². The standard InChI is InChI=1S/C22H31N/c1-2-17-3-5-18(6-4-17)15-19-7-11-21(12-8-19)22-13-9-20(16-23)10-14-22/h9-10,13-14,17-19,21H,2-8,11-12,15H2,1H3. The molecule has 0 aromatic heterocycles. The van der Waals surface area contributed by atoms with E-state index in [-0.39, 0.29) is 0 Å². The Labute approximate surface area is 142 Å². The SMILES string of the molecule is CCC1CCC(CC2CCC(c3ccc(C#N)cc3)CC2)CC1. The first-order valence-corrected chi connectivity index (χ1v) is 9.78. The Hall–Kier alpha value is -1.29. The van der Waals surface area contributed by atoms with E-state index in [1.54, 1.807) is 0 Å². The van der Waals surface area contributed by atoms with E-state index in [0.717, 1.165) is 29.2 Å². The molecule has 0 atom stereocenters. The molecule has 2 fully saturated rings. The van der Waals surface area contributed by atoms with E-state index < -0.39 is 0 Å². The Morgan fingerprint density at radius 3 is 1.87 bits per heavy atom. The molecule has 124 valence electrons. The van der Waals surface area contributed by atoms with Crippen molar-refractivity contribution in [2.45, 2.75) is 77.0 Å². The Kier molecular flexibility index (Phi) is 5.76. The molecule has 0 spiro atoms. The van der Waals surface area contributed by atoms with Gasteiger partial charge in [0.1, 0.15) is 0 Å². The maximum atomic E-state index is 8.91. The fourth-order valence-corrected chi connectivity index (χ4v) is 4.91. The maximum Gasteiger partial charge on any atom is 0.0991 e. The highest BCUT2D eigenvalue weighted by atomic mass is 14.3. The first-order chi connectivity index (χ1) is 11.3. The molecule has 23 heavy (non-hydrogen) atoms. The Balaban J connectivity index is 1.44. The molecule has 2 aliphatic carbocycles. The lowest BCUT2D eigenvalue weighted by Gasteiger charge is -2.34. The number of nitrogens with zero attached hydrogens (tertiary/aromatic N) is 1. The predicted molar refractivity (Wildman–Crippen MR) is 96.2 cm³/mol. The van der Waals surface area contributed by atoms with Gasteiger partial charge in [0.2, 0.25) is 0 Å². The molecular formula is C22H31N. The number of benzene rings is 1. The number of hydrogen-bond acceptors (Lipinski definition) is 1. The fraction of sp³-hybridized carbons (Fsp3) is 0.682. The third kappa shape index (κ3) is 4.37. The van der Waals surface area contributed by atoms with Gasteiger partial charge in [-0.05, 0) is 73.5 Å². The average Bonchev–Trinajstić information content (AvgIpc) is 2.63. The van der Waals surface area contributed by atoms with E-state index in [4.69, 9.17) is 5.26 Å². The largest absolute Gasteiger partial charge is 0.192 e. The molecule has 0 unspecified atom stereocenters. The average molecular weight is 309 g/mol. The molecular weight excluding hydrogens is 278 g/mol. The van der Waals surface area contributed by atoms with Crippen LogP contribution < -0.4 is 0 Å². The van der Waals surface area contributed by atoms with Crippen molar-refractivity contribution in [1.82, 2.24) is 0 Å². The number of rotatable bonds is 4. The third-order valence-corrected chi connectivity index (χ3v) is 6.57. The van der Waals surface area contributed by atoms with Gasteiger partial charge < -0.3 is 0 Å². The molecule has 3 rings (SSSR count). The molecule has 1 heteroatoms. The summed E-state index contributed by atoms with van der Waals surface area (Å²) in [6.07, 6.45) is 14.4. The second kappa shape index (κ2) is 8.00. The summed E-state index contributed by atoms with van der Waals surface area (Å²) in [5.74, 6) is 3.76. The molecule has 0 aliphatic heterocycles. The highest BCUT2D eigenvalue weighted by Crippen LogP contribution is 2.41. The molecule has 0 saturated heterocycles. The first kappa shape index (κ1) is 16.6. The summed E-state index contributed by atoms with van der Waals surface area (Å²) in [5, 5.41) is 8.91. The van der Waals surface area contributed by atoms with Gasteiger partial charge in [0, 0.05) is 0 Å². The normalized spacial score (nSPS) is 31.5. The second-order valence-corrected chi connectivity index (χ2v) is 7.98. The number of hydrogen-bond donors (Lipinski definition) is 0. The van der Waals surface area contributed by atoms with Crippen molar-refractivity contribution in [3.05, 3.63) is 35.4 Å². The van der Waals surface area contributed by atoms with Crippen molar-refractivity contribution in [2.24, 2.45) is 17.8 Å². The fourth-order valence-electron chi connectivity index (χ4n) is 4.91. The van der Waals surface area contributed by atoms with Gasteiger partial charge in [-0.2, -0.15) is 5.26 Å². The van der Waals surface area contributed by atoms with Crippen LogP contribution in [-0.2, 0) is 0 Å². The second-order valence-electron chi connectivity index (χ2n) is 7.98. The van der Waals surface area contributed by atoms with Crippen LogP contribution in [0.1, 0.15) is 88.2 Å². The monoisotopic (exact) mass is 309 g/mol. The van der Waals surface area contributed by atoms with Crippen LogP contribution in [-0.4, -0.2) is 0 Å². The van der Waals surface area contributed by atoms with Crippen molar-refractivity contribution in [2.75, 3.05) is 0 Å². The van der Waals surface area contributed by atoms with Crippen molar-refractivity contribution < 1.29 is 0 Å². The Morgan fingerprint density at radius 2 is 1.35 bits per heavy atom. The summed E-state index contributed by atoms with van der Waals surface area (Å²) in [5.41, 5.74) is 2.23. The molecule has 0 radical (unpaired) electrons. The first-order valence-electron chi connectivity index (χ1n) is 9.78. The lowest BCUT2D eigenvalue weighted by molar-refractivity contribution is 0.203. The maximum absolute atomic E-state index is 8.91. The Bertz CT molecular complexity index is 508. The van der Waals surface area contributed by atoms with Crippen LogP contribution in [0.25, 0.3) is 0 Å². The van der Waals surface area contributed by atoms with Crippen molar-refractivity contribution >= 4 is 0 Å². The number of nitriles is 1. The molecule has 2 aliphatic rings. The summed E-state index contributed by atoms with van der Waals surface area (Å²) in [4.78, 5) is 0. The van der Waals surface area contributed by atoms with Crippen molar-refractivity contribution in [3.63, 3.8) is 0 Å². The minimum Gasteiger partial charge on any atom is -0.192 e. The summed E-state index contributed by atoms with van der Waals surface area (Å²) in [6.45, 7) is 2.36. The lowest BCUT2D eigenvalue weighted by atomic mass is 9.72. The molecule has 0 amide bonds. The molecule has 0 heterocycles. The van der Waals surface area contributed by atoms with Gasteiger partial charge in [0.15, 0.2) is 0 Å². The molecule has 1 aromatic carbocycles. The van der Waals surface area contributed by atoms with E-state index in [0.29, 0.717) is 0 Å². The summed E-state index contributed by atoms with van der Waals surface area (Å²) in [6, 6.07) is 10.5. The van der Waals surface area contributed by atoms with Gasteiger partial charge in [-0.1, -0.05) is 51.2 Å². The van der Waals surface area contributed by atoms with Gasteiger partial charge in [-0.3, -0.25) is 0 Å². The molecule has 2 saturated carbocycles.